The minimum atomic E-state index is 0. The van der Waals surface area contributed by atoms with Gasteiger partial charge < -0.3 is 10.6 Å². The van der Waals surface area contributed by atoms with E-state index in [1.165, 1.54) is 18.4 Å². The maximum Gasteiger partial charge on any atom is 0.191 e. The van der Waals surface area contributed by atoms with Crippen LogP contribution in [0.5, 0.6) is 0 Å². The van der Waals surface area contributed by atoms with Gasteiger partial charge in [0.15, 0.2) is 5.96 Å². The van der Waals surface area contributed by atoms with E-state index in [9.17, 15) is 0 Å². The minimum absolute atomic E-state index is 0. The molecule has 130 valence electrons. The number of hydrogen-bond acceptors (Lipinski definition) is 2. The van der Waals surface area contributed by atoms with Crippen molar-refractivity contribution in [2.24, 2.45) is 12.0 Å². The Kier molecular flexibility index (Phi) is 6.51. The van der Waals surface area contributed by atoms with Crippen LogP contribution in [-0.4, -0.2) is 29.3 Å². The second-order valence-corrected chi connectivity index (χ2v) is 6.45. The van der Waals surface area contributed by atoms with Gasteiger partial charge in [-0.15, -0.1) is 24.0 Å². The summed E-state index contributed by atoms with van der Waals surface area (Å²) < 4.78 is 1.86. The average molecular weight is 460 g/mol. The van der Waals surface area contributed by atoms with Crippen LogP contribution >= 0.6 is 35.6 Å². The highest BCUT2D eigenvalue weighted by molar-refractivity contribution is 14.0. The third-order valence-corrected chi connectivity index (χ3v) is 4.74. The number of aliphatic imine (C=N–C) groups is 1. The van der Waals surface area contributed by atoms with Gasteiger partial charge in [0.25, 0.3) is 0 Å². The molecule has 0 saturated heterocycles. The van der Waals surface area contributed by atoms with E-state index in [0.717, 1.165) is 23.2 Å². The first-order valence-corrected chi connectivity index (χ1v) is 8.18. The number of aryl methyl sites for hydroxylation is 1. The van der Waals surface area contributed by atoms with E-state index in [1.54, 1.807) is 13.2 Å². The molecule has 2 N–H and O–H groups in total. The Morgan fingerprint density at radius 3 is 2.50 bits per heavy atom. The molecule has 0 aliphatic heterocycles. The maximum atomic E-state index is 5.98. The summed E-state index contributed by atoms with van der Waals surface area (Å²) in [5.41, 5.74) is 2.68. The van der Waals surface area contributed by atoms with E-state index in [2.05, 4.69) is 32.9 Å². The molecule has 0 amide bonds. The lowest BCUT2D eigenvalue weighted by molar-refractivity contribution is 0.637. The summed E-state index contributed by atoms with van der Waals surface area (Å²) in [6, 6.07) is 10.2. The minimum Gasteiger partial charge on any atom is -0.356 e. The molecule has 1 aromatic heterocycles. The van der Waals surface area contributed by atoms with Gasteiger partial charge in [-0.05, 0) is 36.6 Å². The van der Waals surface area contributed by atoms with Gasteiger partial charge in [-0.25, -0.2) is 0 Å². The van der Waals surface area contributed by atoms with Crippen LogP contribution < -0.4 is 10.6 Å². The molecule has 1 aliphatic rings. The van der Waals surface area contributed by atoms with Crippen molar-refractivity contribution in [3.05, 3.63) is 52.8 Å². The molecule has 0 unspecified atom stereocenters. The first-order valence-electron chi connectivity index (χ1n) is 7.80. The lowest BCUT2D eigenvalue weighted by Crippen LogP contribution is -2.41. The summed E-state index contributed by atoms with van der Waals surface area (Å²) in [4.78, 5) is 4.30. The van der Waals surface area contributed by atoms with Crippen molar-refractivity contribution >= 4 is 41.5 Å². The third-order valence-electron chi connectivity index (χ3n) is 4.49. The standard InChI is InChI=1S/C17H22ClN5.HI/c1-19-16(20-11-15-7-10-22-23(15)2)21-12-17(8-9-17)13-3-5-14(18)6-4-13;/h3-7,10H,8-9,11-12H2,1-2H3,(H2,19,20,21);1H. The van der Waals surface area contributed by atoms with Crippen LogP contribution in [0.4, 0.5) is 0 Å². The predicted octanol–water partition coefficient (Wildman–Crippen LogP) is 3.09. The SMILES string of the molecule is CN=C(NCc1ccnn1C)NCC1(c2ccc(Cl)cc2)CC1.I. The maximum absolute atomic E-state index is 5.98. The summed E-state index contributed by atoms with van der Waals surface area (Å²) in [6.07, 6.45) is 4.19. The van der Waals surface area contributed by atoms with Gasteiger partial charge in [0.05, 0.1) is 12.2 Å². The first kappa shape index (κ1) is 19.1. The van der Waals surface area contributed by atoms with Gasteiger partial charge in [-0.2, -0.15) is 5.10 Å². The smallest absolute Gasteiger partial charge is 0.191 e. The second-order valence-electron chi connectivity index (χ2n) is 6.01. The fourth-order valence-corrected chi connectivity index (χ4v) is 2.87. The molecule has 1 saturated carbocycles. The quantitative estimate of drug-likeness (QED) is 0.410. The zero-order valence-corrected chi connectivity index (χ0v) is 17.0. The Hall–Kier alpha value is -1.28. The fraction of sp³-hybridized carbons (Fsp3) is 0.412. The van der Waals surface area contributed by atoms with Crippen LogP contribution in [0.25, 0.3) is 0 Å². The van der Waals surface area contributed by atoms with Crippen LogP contribution in [0.3, 0.4) is 0 Å². The molecule has 1 heterocycles. The molecule has 2 aromatic rings. The summed E-state index contributed by atoms with van der Waals surface area (Å²) in [5, 5.41) is 11.7. The van der Waals surface area contributed by atoms with Crippen LogP contribution in [0.2, 0.25) is 5.02 Å². The van der Waals surface area contributed by atoms with E-state index < -0.39 is 0 Å². The Balaban J connectivity index is 0.00000208. The van der Waals surface area contributed by atoms with E-state index >= 15 is 0 Å². The predicted molar refractivity (Wildman–Crippen MR) is 109 cm³/mol. The monoisotopic (exact) mass is 459 g/mol. The summed E-state index contributed by atoms with van der Waals surface area (Å²) in [6.45, 7) is 1.57. The van der Waals surface area contributed by atoms with Gasteiger partial charge in [0.2, 0.25) is 0 Å². The number of rotatable bonds is 5. The number of halogens is 2. The largest absolute Gasteiger partial charge is 0.356 e. The van der Waals surface area contributed by atoms with Crippen LogP contribution in [0.1, 0.15) is 24.1 Å². The van der Waals surface area contributed by atoms with Crippen molar-refractivity contribution in [2.75, 3.05) is 13.6 Å². The molecular formula is C17H23ClIN5. The average Bonchev–Trinajstić information content (AvgIpc) is 3.24. The molecule has 0 bridgehead atoms. The van der Waals surface area contributed by atoms with Gasteiger partial charge in [0, 0.05) is 37.3 Å². The van der Waals surface area contributed by atoms with Gasteiger partial charge in [0.1, 0.15) is 0 Å². The van der Waals surface area contributed by atoms with E-state index in [-0.39, 0.29) is 29.4 Å². The molecule has 1 aliphatic carbocycles. The third kappa shape index (κ3) is 4.42. The molecule has 7 heteroatoms. The summed E-state index contributed by atoms with van der Waals surface area (Å²) >= 11 is 5.98. The molecule has 0 atom stereocenters. The summed E-state index contributed by atoms with van der Waals surface area (Å²) in [7, 11) is 3.73. The number of aromatic nitrogens is 2. The van der Waals surface area contributed by atoms with Crippen molar-refractivity contribution in [2.45, 2.75) is 24.8 Å². The summed E-state index contributed by atoms with van der Waals surface area (Å²) in [5.74, 6) is 0.812. The topological polar surface area (TPSA) is 54.2 Å². The zero-order valence-electron chi connectivity index (χ0n) is 13.9. The number of nitrogens with one attached hydrogen (secondary N) is 2. The highest BCUT2D eigenvalue weighted by atomic mass is 127. The first-order chi connectivity index (χ1) is 11.1. The highest BCUT2D eigenvalue weighted by Gasteiger charge is 2.44. The Morgan fingerprint density at radius 2 is 1.96 bits per heavy atom. The van der Waals surface area contributed by atoms with Crippen LogP contribution in [0.15, 0.2) is 41.5 Å². The van der Waals surface area contributed by atoms with Crippen molar-refractivity contribution in [1.82, 2.24) is 20.4 Å². The van der Waals surface area contributed by atoms with E-state index in [0.29, 0.717) is 6.54 Å². The molecule has 0 spiro atoms. The molecule has 5 nitrogen and oxygen atoms in total. The highest BCUT2D eigenvalue weighted by Crippen LogP contribution is 2.47. The van der Waals surface area contributed by atoms with Gasteiger partial charge >= 0.3 is 0 Å². The number of guanidine groups is 1. The number of nitrogens with zero attached hydrogens (tertiary/aromatic N) is 3. The lowest BCUT2D eigenvalue weighted by atomic mass is 9.96. The molecule has 0 radical (unpaired) electrons. The molecular weight excluding hydrogens is 437 g/mol. The Bertz CT molecular complexity index is 691. The van der Waals surface area contributed by atoms with Crippen molar-refractivity contribution in [3.8, 4) is 0 Å². The fourth-order valence-electron chi connectivity index (χ4n) is 2.74. The van der Waals surface area contributed by atoms with Crippen LogP contribution in [0, 0.1) is 0 Å². The molecule has 24 heavy (non-hydrogen) atoms. The lowest BCUT2D eigenvalue weighted by Gasteiger charge is -2.19. The van der Waals surface area contributed by atoms with Crippen molar-refractivity contribution in [1.29, 1.82) is 0 Å². The molecule has 1 aromatic carbocycles. The Morgan fingerprint density at radius 1 is 1.25 bits per heavy atom. The van der Waals surface area contributed by atoms with Crippen molar-refractivity contribution < 1.29 is 0 Å². The molecule has 3 rings (SSSR count). The normalized spacial score (nSPS) is 15.5. The molecule has 1 fully saturated rings. The number of hydrogen-bond donors (Lipinski definition) is 2. The Labute approximate surface area is 164 Å². The zero-order chi connectivity index (χ0) is 16.3. The van der Waals surface area contributed by atoms with Gasteiger partial charge in [-0.3, -0.25) is 9.67 Å². The second kappa shape index (κ2) is 8.20. The van der Waals surface area contributed by atoms with Crippen molar-refractivity contribution in [3.63, 3.8) is 0 Å². The number of benzene rings is 1. The van der Waals surface area contributed by atoms with Gasteiger partial charge in [-0.1, -0.05) is 23.7 Å². The van der Waals surface area contributed by atoms with E-state index in [4.69, 9.17) is 11.6 Å². The van der Waals surface area contributed by atoms with E-state index in [1.807, 2.05) is 29.9 Å². The van der Waals surface area contributed by atoms with Crippen LogP contribution in [-0.2, 0) is 19.0 Å².